The van der Waals surface area contributed by atoms with Crippen LogP contribution >= 0.6 is 23.4 Å². The Balaban J connectivity index is 1.73. The van der Waals surface area contributed by atoms with Crippen LogP contribution in [0.15, 0.2) is 34.2 Å². The average Bonchev–Trinajstić information content (AvgIpc) is 2.74. The first-order valence-electron chi connectivity index (χ1n) is 9.83. The second-order valence-corrected chi connectivity index (χ2v) is 10.6. The minimum atomic E-state index is -3.73. The molecule has 7 nitrogen and oxygen atoms in total. The largest absolute Gasteiger partial charge is 0.325 e. The highest BCUT2D eigenvalue weighted by Gasteiger charge is 2.28. The molecular weight excluding hydrogens is 456 g/mol. The Hall–Kier alpha value is -2.12. The predicted molar refractivity (Wildman–Crippen MR) is 122 cm³/mol. The first kappa shape index (κ1) is 23.5. The van der Waals surface area contributed by atoms with Crippen LogP contribution in [0.3, 0.4) is 0 Å². The number of benzene rings is 1. The second-order valence-electron chi connectivity index (χ2n) is 7.32. The molecule has 1 aromatic carbocycles. The number of nitrogens with one attached hydrogen (secondary N) is 1. The highest BCUT2D eigenvalue weighted by Crippen LogP contribution is 2.30. The number of anilines is 1. The number of sulfonamides is 1. The van der Waals surface area contributed by atoms with E-state index in [0.717, 1.165) is 42.3 Å². The van der Waals surface area contributed by atoms with Crippen molar-refractivity contribution in [3.05, 3.63) is 46.1 Å². The van der Waals surface area contributed by atoms with Gasteiger partial charge in [-0.25, -0.2) is 13.4 Å². The molecule has 1 N–H and O–H groups in total. The summed E-state index contributed by atoms with van der Waals surface area (Å²) in [6.45, 7) is 4.59. The fourth-order valence-corrected chi connectivity index (χ4v) is 6.31. The molecule has 1 amide bonds. The zero-order valence-electron chi connectivity index (χ0n) is 17.3. The van der Waals surface area contributed by atoms with Crippen molar-refractivity contribution < 1.29 is 13.2 Å². The molecule has 1 saturated heterocycles. The first-order valence-corrected chi connectivity index (χ1v) is 12.6. The van der Waals surface area contributed by atoms with Crippen molar-refractivity contribution in [2.45, 2.75) is 43.0 Å². The number of halogens is 1. The lowest BCUT2D eigenvalue weighted by Crippen LogP contribution is -2.35. The van der Waals surface area contributed by atoms with Crippen molar-refractivity contribution in [2.75, 3.05) is 24.2 Å². The fourth-order valence-electron chi connectivity index (χ4n) is 3.40. The standard InChI is InChI=1S/C21H23ClN4O3S2/c1-14-10-15(2)24-21(17(14)12-23)30-13-20(27)25-16-6-7-18(22)19(11-16)31(28,29)26-8-4-3-5-9-26/h6-7,10-11H,3-5,8-9,13H2,1-2H3,(H,25,27). The molecule has 0 atom stereocenters. The van der Waals surface area contributed by atoms with Crippen LogP contribution in [0.5, 0.6) is 0 Å². The molecule has 0 aliphatic carbocycles. The molecular formula is C21H23ClN4O3S2. The maximum atomic E-state index is 13.0. The van der Waals surface area contributed by atoms with Crippen molar-refractivity contribution in [3.8, 4) is 6.07 Å². The van der Waals surface area contributed by atoms with Crippen LogP contribution in [0.2, 0.25) is 5.02 Å². The summed E-state index contributed by atoms with van der Waals surface area (Å²) in [4.78, 5) is 16.8. The number of hydrogen-bond donors (Lipinski definition) is 1. The quantitative estimate of drug-likeness (QED) is 0.626. The summed E-state index contributed by atoms with van der Waals surface area (Å²) < 4.78 is 27.4. The van der Waals surface area contributed by atoms with E-state index >= 15 is 0 Å². The normalized spacial score (nSPS) is 14.8. The lowest BCUT2D eigenvalue weighted by molar-refractivity contribution is -0.113. The first-order chi connectivity index (χ1) is 14.7. The van der Waals surface area contributed by atoms with Gasteiger partial charge in [0.15, 0.2) is 0 Å². The van der Waals surface area contributed by atoms with Gasteiger partial charge in [-0.05, 0) is 56.5 Å². The van der Waals surface area contributed by atoms with Gasteiger partial charge in [-0.3, -0.25) is 4.79 Å². The van der Waals surface area contributed by atoms with Crippen LogP contribution < -0.4 is 5.32 Å². The number of aromatic nitrogens is 1. The number of rotatable bonds is 6. The molecule has 0 spiro atoms. The number of nitriles is 1. The Morgan fingerprint density at radius 1 is 1.26 bits per heavy atom. The Kier molecular flexibility index (Phi) is 7.59. The zero-order chi connectivity index (χ0) is 22.6. The topological polar surface area (TPSA) is 103 Å². The van der Waals surface area contributed by atoms with Gasteiger partial charge < -0.3 is 5.32 Å². The number of hydrogen-bond acceptors (Lipinski definition) is 6. The minimum Gasteiger partial charge on any atom is -0.325 e. The van der Waals surface area contributed by atoms with Crippen molar-refractivity contribution in [3.63, 3.8) is 0 Å². The smallest absolute Gasteiger partial charge is 0.244 e. The zero-order valence-corrected chi connectivity index (χ0v) is 19.7. The van der Waals surface area contributed by atoms with Crippen LogP contribution in [0, 0.1) is 25.2 Å². The lowest BCUT2D eigenvalue weighted by Gasteiger charge is -2.26. The molecule has 0 unspecified atom stereocenters. The third-order valence-electron chi connectivity index (χ3n) is 4.91. The van der Waals surface area contributed by atoms with Crippen molar-refractivity contribution >= 4 is 45.0 Å². The van der Waals surface area contributed by atoms with E-state index in [1.165, 1.54) is 16.4 Å². The summed E-state index contributed by atoms with van der Waals surface area (Å²) in [6, 6.07) is 8.38. The molecule has 1 aliphatic heterocycles. The van der Waals surface area contributed by atoms with E-state index in [2.05, 4.69) is 16.4 Å². The molecule has 2 aromatic rings. The Labute approximate surface area is 191 Å². The maximum absolute atomic E-state index is 13.0. The van der Waals surface area contributed by atoms with E-state index in [4.69, 9.17) is 11.6 Å². The molecule has 0 radical (unpaired) electrons. The van der Waals surface area contributed by atoms with Gasteiger partial charge in [0.1, 0.15) is 16.0 Å². The monoisotopic (exact) mass is 478 g/mol. The van der Waals surface area contributed by atoms with Crippen LogP contribution in [0.4, 0.5) is 5.69 Å². The number of amides is 1. The van der Waals surface area contributed by atoms with Crippen molar-refractivity contribution in [1.29, 1.82) is 5.26 Å². The number of carbonyl (C=O) groups is 1. The number of thioether (sulfide) groups is 1. The van der Waals surface area contributed by atoms with E-state index in [1.807, 2.05) is 19.9 Å². The summed E-state index contributed by atoms with van der Waals surface area (Å²) in [7, 11) is -3.73. The van der Waals surface area contributed by atoms with Gasteiger partial charge in [0, 0.05) is 24.5 Å². The molecule has 1 aliphatic rings. The van der Waals surface area contributed by atoms with E-state index in [-0.39, 0.29) is 21.6 Å². The summed E-state index contributed by atoms with van der Waals surface area (Å²) in [5.74, 6) is -0.306. The molecule has 2 heterocycles. The van der Waals surface area contributed by atoms with Crippen LogP contribution in [0.25, 0.3) is 0 Å². The predicted octanol–water partition coefficient (Wildman–Crippen LogP) is 4.13. The number of aryl methyl sites for hydroxylation is 2. The minimum absolute atomic E-state index is 0.00994. The molecule has 164 valence electrons. The summed E-state index contributed by atoms with van der Waals surface area (Å²) >= 11 is 7.34. The number of pyridine rings is 1. The Bertz CT molecular complexity index is 1140. The van der Waals surface area contributed by atoms with E-state index in [0.29, 0.717) is 29.4 Å². The summed E-state index contributed by atoms with van der Waals surface area (Å²) in [5, 5.41) is 12.7. The highest BCUT2D eigenvalue weighted by molar-refractivity contribution is 8.00. The average molecular weight is 479 g/mol. The molecule has 10 heteroatoms. The molecule has 0 saturated carbocycles. The van der Waals surface area contributed by atoms with Crippen molar-refractivity contribution in [1.82, 2.24) is 9.29 Å². The van der Waals surface area contributed by atoms with E-state index in [1.54, 1.807) is 6.07 Å². The third kappa shape index (κ3) is 5.57. The molecule has 1 fully saturated rings. The fraction of sp³-hybridized carbons (Fsp3) is 0.381. The van der Waals surface area contributed by atoms with Crippen LogP contribution in [0.1, 0.15) is 36.1 Å². The highest BCUT2D eigenvalue weighted by atomic mass is 35.5. The molecule has 1 aromatic heterocycles. The Morgan fingerprint density at radius 2 is 1.97 bits per heavy atom. The van der Waals surface area contributed by atoms with Gasteiger partial charge in [-0.15, -0.1) is 0 Å². The third-order valence-corrected chi connectivity index (χ3v) is 8.27. The van der Waals surface area contributed by atoms with E-state index in [9.17, 15) is 18.5 Å². The summed E-state index contributed by atoms with van der Waals surface area (Å²) in [5.41, 5.74) is 2.37. The second kappa shape index (κ2) is 10.0. The van der Waals surface area contributed by atoms with E-state index < -0.39 is 10.0 Å². The van der Waals surface area contributed by atoms with Gasteiger partial charge in [0.25, 0.3) is 0 Å². The lowest BCUT2D eigenvalue weighted by atomic mass is 10.1. The molecule has 0 bridgehead atoms. The van der Waals surface area contributed by atoms with Gasteiger partial charge in [-0.1, -0.05) is 29.8 Å². The van der Waals surface area contributed by atoms with Gasteiger partial charge in [-0.2, -0.15) is 9.57 Å². The summed E-state index contributed by atoms with van der Waals surface area (Å²) in [6.07, 6.45) is 2.65. The van der Waals surface area contributed by atoms with Gasteiger partial charge in [0.05, 0.1) is 16.3 Å². The maximum Gasteiger partial charge on any atom is 0.244 e. The van der Waals surface area contributed by atoms with Gasteiger partial charge in [0.2, 0.25) is 15.9 Å². The van der Waals surface area contributed by atoms with Crippen LogP contribution in [-0.2, 0) is 14.8 Å². The SMILES string of the molecule is Cc1cc(C)c(C#N)c(SCC(=O)Nc2ccc(Cl)c(S(=O)(=O)N3CCCCC3)c2)n1. The Morgan fingerprint density at radius 3 is 2.65 bits per heavy atom. The molecule has 31 heavy (non-hydrogen) atoms. The van der Waals surface area contributed by atoms with Gasteiger partial charge >= 0.3 is 0 Å². The molecule has 3 rings (SSSR count). The van der Waals surface area contributed by atoms with Crippen molar-refractivity contribution in [2.24, 2.45) is 0 Å². The number of nitrogens with zero attached hydrogens (tertiary/aromatic N) is 3. The van der Waals surface area contributed by atoms with Crippen LogP contribution in [-0.4, -0.2) is 42.5 Å². The number of carbonyl (C=O) groups excluding carboxylic acids is 1. The number of piperidine rings is 1.